The monoisotopic (exact) mass is 524 g/mol. The highest BCUT2D eigenvalue weighted by molar-refractivity contribution is 6.05. The fourth-order valence-electron chi connectivity index (χ4n) is 4.36. The van der Waals surface area contributed by atoms with Gasteiger partial charge in [-0.2, -0.15) is 5.10 Å². The third kappa shape index (κ3) is 5.69. The van der Waals surface area contributed by atoms with Crippen molar-refractivity contribution >= 4 is 33.6 Å². The van der Waals surface area contributed by atoms with Crippen LogP contribution in [0.2, 0.25) is 0 Å². The smallest absolute Gasteiger partial charge is 0.267 e. The molecule has 0 aliphatic carbocycles. The Labute approximate surface area is 224 Å². The third-order valence-corrected chi connectivity index (χ3v) is 6.34. The van der Waals surface area contributed by atoms with E-state index in [0.29, 0.717) is 28.1 Å². The predicted octanol–water partition coefficient (Wildman–Crippen LogP) is 3.42. The van der Waals surface area contributed by atoms with Crippen molar-refractivity contribution in [3.8, 4) is 5.69 Å². The summed E-state index contributed by atoms with van der Waals surface area (Å²) >= 11 is 0. The number of nitrogens with zero attached hydrogens (tertiary/aromatic N) is 5. The second-order valence-corrected chi connectivity index (χ2v) is 9.41. The van der Waals surface area contributed by atoms with E-state index in [-0.39, 0.29) is 49.3 Å². The molecule has 1 N–H and O–H groups in total. The topological polar surface area (TPSA) is 123 Å². The Bertz CT molecular complexity index is 1690. The van der Waals surface area contributed by atoms with E-state index < -0.39 is 0 Å². The molecule has 0 fully saturated rings. The van der Waals surface area contributed by atoms with Crippen LogP contribution in [-0.2, 0) is 20.7 Å². The normalized spacial score (nSPS) is 14.7. The van der Waals surface area contributed by atoms with E-state index in [4.69, 9.17) is 4.74 Å². The Kier molecular flexibility index (Phi) is 7.44. The van der Waals surface area contributed by atoms with Crippen LogP contribution in [0.5, 0.6) is 0 Å². The molecule has 10 nitrogen and oxygen atoms in total. The van der Waals surface area contributed by atoms with Gasteiger partial charge in [0.1, 0.15) is 5.82 Å². The average molecular weight is 525 g/mol. The molecule has 5 rings (SSSR count). The molecule has 3 aromatic heterocycles. The van der Waals surface area contributed by atoms with E-state index in [2.05, 4.69) is 20.2 Å². The Morgan fingerprint density at radius 2 is 2.03 bits per heavy atom. The summed E-state index contributed by atoms with van der Waals surface area (Å²) in [5.74, 6) is 0.0838. The van der Waals surface area contributed by atoms with Gasteiger partial charge in [0.2, 0.25) is 5.91 Å². The number of H-pyrrole nitrogens is 1. The van der Waals surface area contributed by atoms with Crippen molar-refractivity contribution in [3.05, 3.63) is 95.0 Å². The van der Waals surface area contributed by atoms with Gasteiger partial charge in [-0.3, -0.25) is 24.0 Å². The van der Waals surface area contributed by atoms with E-state index in [9.17, 15) is 14.4 Å². The number of ketones is 1. The summed E-state index contributed by atoms with van der Waals surface area (Å²) in [5, 5.41) is 8.31. The predicted molar refractivity (Wildman–Crippen MR) is 147 cm³/mol. The van der Waals surface area contributed by atoms with Gasteiger partial charge in [-0.1, -0.05) is 12.2 Å². The van der Waals surface area contributed by atoms with E-state index in [1.807, 2.05) is 32.0 Å². The number of hydrogen-bond donors (Lipinski definition) is 1. The van der Waals surface area contributed by atoms with Crippen LogP contribution in [0.4, 0.5) is 0 Å². The number of aromatic nitrogens is 5. The number of allylic oxidation sites excluding steroid dienone is 4. The summed E-state index contributed by atoms with van der Waals surface area (Å²) in [4.78, 5) is 49.8. The number of ether oxygens (including phenoxy) is 1. The molecule has 1 aliphatic rings. The molecular weight excluding hydrogens is 496 g/mol. The summed E-state index contributed by atoms with van der Waals surface area (Å²) in [7, 11) is 0. The summed E-state index contributed by atoms with van der Waals surface area (Å²) in [6, 6.07) is 8.96. The lowest BCUT2D eigenvalue weighted by atomic mass is 10.1. The first-order chi connectivity index (χ1) is 18.9. The molecule has 39 heavy (non-hydrogen) atoms. The summed E-state index contributed by atoms with van der Waals surface area (Å²) in [6.45, 7) is 4.38. The quantitative estimate of drug-likeness (QED) is 0.277. The van der Waals surface area contributed by atoms with Crippen molar-refractivity contribution in [1.29, 1.82) is 0 Å². The second kappa shape index (κ2) is 11.3. The number of benzene rings is 1. The van der Waals surface area contributed by atoms with Gasteiger partial charge in [0.25, 0.3) is 5.56 Å². The molecular formula is C29H28N6O4. The first-order valence-electron chi connectivity index (χ1n) is 12.7. The summed E-state index contributed by atoms with van der Waals surface area (Å²) in [5.41, 5.74) is 1.85. The standard InChI is InChI=1S/C29H28N6O4/c1-19(2)39-15-4-3-6-20-16-27(37)34(13-10-25(20)36)14-11-26-32-28-23(7-5-12-30-28)29(38)35(26)22-9-8-21-18-31-33-24(21)17-22/h3-9,12,15-19H,10-11,13-14H2,1-2H3,(H,31,33)/b6-3-,15-4+. The van der Waals surface area contributed by atoms with Gasteiger partial charge in [-0.05, 0) is 50.3 Å². The highest BCUT2D eigenvalue weighted by atomic mass is 16.5. The first-order valence-corrected chi connectivity index (χ1v) is 12.7. The lowest BCUT2D eigenvalue weighted by molar-refractivity contribution is -0.126. The van der Waals surface area contributed by atoms with Crippen LogP contribution in [0.15, 0.2) is 83.7 Å². The van der Waals surface area contributed by atoms with Crippen LogP contribution in [-0.4, -0.2) is 60.5 Å². The Morgan fingerprint density at radius 1 is 1.15 bits per heavy atom. The maximum Gasteiger partial charge on any atom is 0.267 e. The number of aromatic amines is 1. The molecule has 0 saturated carbocycles. The van der Waals surface area contributed by atoms with E-state index in [1.54, 1.807) is 58.5 Å². The molecule has 198 valence electrons. The fraction of sp³-hybridized carbons (Fsp3) is 0.241. The number of fused-ring (bicyclic) bond motifs is 2. The number of nitrogens with one attached hydrogen (secondary N) is 1. The van der Waals surface area contributed by atoms with Crippen LogP contribution in [0, 0.1) is 0 Å². The molecule has 10 heteroatoms. The van der Waals surface area contributed by atoms with Gasteiger partial charge < -0.3 is 9.64 Å². The van der Waals surface area contributed by atoms with Gasteiger partial charge in [0.15, 0.2) is 11.4 Å². The number of amides is 1. The molecule has 4 aromatic rings. The van der Waals surface area contributed by atoms with Crippen LogP contribution >= 0.6 is 0 Å². The molecule has 0 unspecified atom stereocenters. The van der Waals surface area contributed by atoms with Crippen molar-refractivity contribution < 1.29 is 14.3 Å². The van der Waals surface area contributed by atoms with E-state index in [0.717, 1.165) is 10.9 Å². The lowest BCUT2D eigenvalue weighted by Gasteiger charge is -2.20. The molecule has 0 saturated heterocycles. The Balaban J connectivity index is 1.42. The SMILES string of the molecule is CC(C)O/C=C/C=C\C1=CC(=O)N(CCc2nc3ncccc3c(=O)n2-c2ccc3cn[nH]c3c2)CCC1=O. The van der Waals surface area contributed by atoms with Gasteiger partial charge >= 0.3 is 0 Å². The van der Waals surface area contributed by atoms with Crippen molar-refractivity contribution in [3.63, 3.8) is 0 Å². The number of Topliss-reactive ketones (excluding diaryl/α,β-unsaturated/α-hetero) is 1. The lowest BCUT2D eigenvalue weighted by Crippen LogP contribution is -2.34. The van der Waals surface area contributed by atoms with Crippen molar-refractivity contribution in [2.24, 2.45) is 0 Å². The minimum absolute atomic E-state index is 0.0566. The van der Waals surface area contributed by atoms with Crippen LogP contribution in [0.3, 0.4) is 0 Å². The Hall–Kier alpha value is -4.86. The van der Waals surface area contributed by atoms with Gasteiger partial charge in [-0.15, -0.1) is 0 Å². The number of hydrogen-bond acceptors (Lipinski definition) is 7. The van der Waals surface area contributed by atoms with Crippen LogP contribution < -0.4 is 5.56 Å². The zero-order chi connectivity index (χ0) is 27.4. The molecule has 0 bridgehead atoms. The van der Waals surface area contributed by atoms with E-state index in [1.165, 1.54) is 6.08 Å². The van der Waals surface area contributed by atoms with Gasteiger partial charge in [0.05, 0.1) is 35.2 Å². The molecule has 0 radical (unpaired) electrons. The van der Waals surface area contributed by atoms with Gasteiger partial charge in [0, 0.05) is 49.2 Å². The zero-order valence-electron chi connectivity index (χ0n) is 21.7. The Morgan fingerprint density at radius 3 is 2.87 bits per heavy atom. The zero-order valence-corrected chi connectivity index (χ0v) is 21.7. The second-order valence-electron chi connectivity index (χ2n) is 9.41. The highest BCUT2D eigenvalue weighted by Crippen LogP contribution is 2.19. The number of carbonyl (C=O) groups excluding carboxylic acids is 2. The molecule has 0 atom stereocenters. The summed E-state index contributed by atoms with van der Waals surface area (Å²) < 4.78 is 6.89. The largest absolute Gasteiger partial charge is 0.499 e. The number of pyridine rings is 1. The van der Waals surface area contributed by atoms with Crippen molar-refractivity contribution in [2.75, 3.05) is 13.1 Å². The minimum atomic E-state index is -0.269. The molecule has 0 spiro atoms. The van der Waals surface area contributed by atoms with Gasteiger partial charge in [-0.25, -0.2) is 9.97 Å². The average Bonchev–Trinajstić information content (AvgIpc) is 3.35. The molecule has 1 aliphatic heterocycles. The molecule has 1 aromatic carbocycles. The number of rotatable bonds is 8. The fourth-order valence-corrected chi connectivity index (χ4v) is 4.36. The first kappa shape index (κ1) is 25.8. The van der Waals surface area contributed by atoms with Crippen LogP contribution in [0.1, 0.15) is 26.1 Å². The van der Waals surface area contributed by atoms with E-state index >= 15 is 0 Å². The maximum absolute atomic E-state index is 13.6. The van der Waals surface area contributed by atoms with Crippen LogP contribution in [0.25, 0.3) is 27.6 Å². The highest BCUT2D eigenvalue weighted by Gasteiger charge is 2.22. The summed E-state index contributed by atoms with van der Waals surface area (Å²) in [6.07, 6.45) is 11.7. The molecule has 4 heterocycles. The third-order valence-electron chi connectivity index (χ3n) is 6.34. The molecule has 1 amide bonds. The minimum Gasteiger partial charge on any atom is -0.499 e. The van der Waals surface area contributed by atoms with Crippen molar-refractivity contribution in [2.45, 2.75) is 32.8 Å². The van der Waals surface area contributed by atoms with Crippen molar-refractivity contribution in [1.82, 2.24) is 29.6 Å². The maximum atomic E-state index is 13.6. The number of carbonyl (C=O) groups is 2.